The van der Waals surface area contributed by atoms with E-state index in [1.54, 1.807) is 7.11 Å². The van der Waals surface area contributed by atoms with E-state index in [-0.39, 0.29) is 0 Å². The van der Waals surface area contributed by atoms with Crippen molar-refractivity contribution in [3.63, 3.8) is 0 Å². The molecule has 18 heavy (non-hydrogen) atoms. The average Bonchev–Trinajstić information content (AvgIpc) is 2.69. The average molecular weight is 325 g/mol. The van der Waals surface area contributed by atoms with Gasteiger partial charge in [-0.25, -0.2) is 0 Å². The standard InChI is InChI=1S/C15H17BrOS/c1-10-7-14(11(2)18-10)15(16)9-12-5-4-6-13(8-12)17-3/h4-8,15H,9H2,1-3H3. The van der Waals surface area contributed by atoms with Crippen molar-refractivity contribution in [2.45, 2.75) is 25.1 Å². The molecule has 2 aromatic rings. The molecule has 1 aromatic heterocycles. The summed E-state index contributed by atoms with van der Waals surface area (Å²) >= 11 is 5.66. The summed E-state index contributed by atoms with van der Waals surface area (Å²) in [6, 6.07) is 10.5. The van der Waals surface area contributed by atoms with Gasteiger partial charge in [0, 0.05) is 14.6 Å². The fourth-order valence-corrected chi connectivity index (χ4v) is 4.07. The van der Waals surface area contributed by atoms with Crippen LogP contribution in [-0.2, 0) is 6.42 Å². The quantitative estimate of drug-likeness (QED) is 0.715. The number of alkyl halides is 1. The maximum atomic E-state index is 5.26. The van der Waals surface area contributed by atoms with E-state index < -0.39 is 0 Å². The molecule has 2 rings (SSSR count). The largest absolute Gasteiger partial charge is 0.497 e. The van der Waals surface area contributed by atoms with Crippen molar-refractivity contribution in [2.75, 3.05) is 7.11 Å². The third kappa shape index (κ3) is 3.15. The zero-order chi connectivity index (χ0) is 13.1. The van der Waals surface area contributed by atoms with Crippen LogP contribution in [0.1, 0.15) is 25.7 Å². The number of hydrogen-bond donors (Lipinski definition) is 0. The second-order valence-corrected chi connectivity index (χ2v) is 6.96. The normalized spacial score (nSPS) is 12.4. The van der Waals surface area contributed by atoms with E-state index >= 15 is 0 Å². The molecule has 0 bridgehead atoms. The zero-order valence-electron chi connectivity index (χ0n) is 10.9. The van der Waals surface area contributed by atoms with Gasteiger partial charge in [-0.05, 0) is 49.6 Å². The molecule has 0 N–H and O–H groups in total. The minimum absolute atomic E-state index is 0.370. The molecule has 0 radical (unpaired) electrons. The summed E-state index contributed by atoms with van der Waals surface area (Å²) in [7, 11) is 1.71. The van der Waals surface area contributed by atoms with Gasteiger partial charge in [0.25, 0.3) is 0 Å². The summed E-state index contributed by atoms with van der Waals surface area (Å²) in [6.07, 6.45) is 0.980. The number of hydrogen-bond acceptors (Lipinski definition) is 2. The van der Waals surface area contributed by atoms with Gasteiger partial charge in [-0.1, -0.05) is 28.1 Å². The lowest BCUT2D eigenvalue weighted by atomic mass is 10.0. The molecule has 96 valence electrons. The lowest BCUT2D eigenvalue weighted by Gasteiger charge is -2.10. The van der Waals surface area contributed by atoms with Crippen LogP contribution in [0.4, 0.5) is 0 Å². The first-order valence-electron chi connectivity index (χ1n) is 5.94. The maximum absolute atomic E-state index is 5.26. The predicted molar refractivity (Wildman–Crippen MR) is 82.2 cm³/mol. The molecule has 1 atom stereocenters. The minimum atomic E-state index is 0.370. The van der Waals surface area contributed by atoms with Crippen LogP contribution in [0.3, 0.4) is 0 Å². The Labute approximate surface area is 121 Å². The first kappa shape index (κ1) is 13.6. The van der Waals surface area contributed by atoms with Crippen LogP contribution in [0.15, 0.2) is 30.3 Å². The van der Waals surface area contributed by atoms with Crippen molar-refractivity contribution < 1.29 is 4.74 Å². The highest BCUT2D eigenvalue weighted by molar-refractivity contribution is 9.09. The van der Waals surface area contributed by atoms with Gasteiger partial charge in [0.2, 0.25) is 0 Å². The van der Waals surface area contributed by atoms with Crippen LogP contribution in [0.2, 0.25) is 0 Å². The van der Waals surface area contributed by atoms with E-state index in [9.17, 15) is 0 Å². The smallest absolute Gasteiger partial charge is 0.119 e. The molecule has 0 aliphatic heterocycles. The number of benzene rings is 1. The fraction of sp³-hybridized carbons (Fsp3) is 0.333. The highest BCUT2D eigenvalue weighted by Gasteiger charge is 2.13. The summed E-state index contributed by atoms with van der Waals surface area (Å²) in [4.78, 5) is 3.14. The Kier molecular flexibility index (Phi) is 4.46. The second-order valence-electron chi connectivity index (χ2n) is 4.39. The Hall–Kier alpha value is -0.800. The van der Waals surface area contributed by atoms with Crippen LogP contribution in [0.25, 0.3) is 0 Å². The summed E-state index contributed by atoms with van der Waals surface area (Å²) < 4.78 is 5.26. The lowest BCUT2D eigenvalue weighted by Crippen LogP contribution is -1.96. The van der Waals surface area contributed by atoms with Gasteiger partial charge in [-0.2, -0.15) is 0 Å². The Balaban J connectivity index is 2.15. The molecule has 0 spiro atoms. The molecule has 0 aliphatic carbocycles. The Morgan fingerprint density at radius 1 is 1.28 bits per heavy atom. The molecule has 1 unspecified atom stereocenters. The van der Waals surface area contributed by atoms with E-state index in [0.717, 1.165) is 12.2 Å². The first-order chi connectivity index (χ1) is 8.60. The third-order valence-corrected chi connectivity index (χ3v) is 4.76. The third-order valence-electron chi connectivity index (χ3n) is 2.97. The summed E-state index contributed by atoms with van der Waals surface area (Å²) in [5, 5.41) is 0. The van der Waals surface area contributed by atoms with Gasteiger partial charge < -0.3 is 4.74 Å². The molecule has 0 saturated carbocycles. The van der Waals surface area contributed by atoms with Gasteiger partial charge in [0.15, 0.2) is 0 Å². The topological polar surface area (TPSA) is 9.23 Å². The van der Waals surface area contributed by atoms with E-state index in [1.165, 1.54) is 20.9 Å². The van der Waals surface area contributed by atoms with E-state index in [4.69, 9.17) is 4.74 Å². The van der Waals surface area contributed by atoms with Gasteiger partial charge in [0.05, 0.1) is 7.11 Å². The molecule has 1 heterocycles. The Morgan fingerprint density at radius 2 is 2.06 bits per heavy atom. The molecule has 0 amide bonds. The van der Waals surface area contributed by atoms with Crippen LogP contribution < -0.4 is 4.74 Å². The predicted octanol–water partition coefficient (Wildman–Crippen LogP) is 5.05. The van der Waals surface area contributed by atoms with Gasteiger partial charge >= 0.3 is 0 Å². The summed E-state index contributed by atoms with van der Waals surface area (Å²) in [5.41, 5.74) is 2.69. The maximum Gasteiger partial charge on any atom is 0.119 e. The van der Waals surface area contributed by atoms with Crippen molar-refractivity contribution >= 4 is 27.3 Å². The van der Waals surface area contributed by atoms with Crippen LogP contribution in [0.5, 0.6) is 5.75 Å². The van der Waals surface area contributed by atoms with E-state index in [1.807, 2.05) is 23.5 Å². The SMILES string of the molecule is COc1cccc(CC(Br)c2cc(C)sc2C)c1. The minimum Gasteiger partial charge on any atom is -0.497 e. The van der Waals surface area contributed by atoms with Crippen LogP contribution in [-0.4, -0.2) is 7.11 Å². The monoisotopic (exact) mass is 324 g/mol. The van der Waals surface area contributed by atoms with Crippen molar-refractivity contribution in [2.24, 2.45) is 0 Å². The second kappa shape index (κ2) is 5.89. The highest BCUT2D eigenvalue weighted by Crippen LogP contribution is 2.34. The summed E-state index contributed by atoms with van der Waals surface area (Å²) in [6.45, 7) is 4.35. The van der Waals surface area contributed by atoms with Crippen LogP contribution >= 0.6 is 27.3 Å². The van der Waals surface area contributed by atoms with Gasteiger partial charge in [0.1, 0.15) is 5.75 Å². The van der Waals surface area contributed by atoms with Crippen LogP contribution in [0, 0.1) is 13.8 Å². The van der Waals surface area contributed by atoms with E-state index in [0.29, 0.717) is 4.83 Å². The first-order valence-corrected chi connectivity index (χ1v) is 7.67. The highest BCUT2D eigenvalue weighted by atomic mass is 79.9. The number of thiophene rings is 1. The lowest BCUT2D eigenvalue weighted by molar-refractivity contribution is 0.414. The fourth-order valence-electron chi connectivity index (χ4n) is 2.08. The van der Waals surface area contributed by atoms with Crippen molar-refractivity contribution in [3.05, 3.63) is 51.2 Å². The van der Waals surface area contributed by atoms with Crippen molar-refractivity contribution in [1.29, 1.82) is 0 Å². The molecule has 1 aromatic carbocycles. The molecular formula is C15H17BrOS. The number of methoxy groups -OCH3 is 1. The van der Waals surface area contributed by atoms with E-state index in [2.05, 4.69) is 48.0 Å². The number of halogens is 1. The number of aryl methyl sites for hydroxylation is 2. The van der Waals surface area contributed by atoms with Crippen molar-refractivity contribution in [3.8, 4) is 5.75 Å². The Morgan fingerprint density at radius 3 is 2.67 bits per heavy atom. The number of ether oxygens (including phenoxy) is 1. The number of rotatable bonds is 4. The molecular weight excluding hydrogens is 308 g/mol. The molecule has 1 nitrogen and oxygen atoms in total. The summed E-state index contributed by atoms with van der Waals surface area (Å²) in [5.74, 6) is 0.922. The molecule has 0 fully saturated rings. The zero-order valence-corrected chi connectivity index (χ0v) is 13.3. The molecule has 3 heteroatoms. The van der Waals surface area contributed by atoms with Crippen molar-refractivity contribution in [1.82, 2.24) is 0 Å². The van der Waals surface area contributed by atoms with Gasteiger partial charge in [-0.3, -0.25) is 0 Å². The van der Waals surface area contributed by atoms with Gasteiger partial charge in [-0.15, -0.1) is 11.3 Å². The molecule has 0 saturated heterocycles. The molecule has 0 aliphatic rings. The Bertz CT molecular complexity index is 533.